The molecule has 3 heterocycles. The van der Waals surface area contributed by atoms with Gasteiger partial charge in [-0.2, -0.15) is 0 Å². The van der Waals surface area contributed by atoms with Gasteiger partial charge in [-0.25, -0.2) is 10.0 Å². The monoisotopic (exact) mass is 394 g/mol. The molecule has 25 heavy (non-hydrogen) atoms. The van der Waals surface area contributed by atoms with Crippen LogP contribution < -0.4 is 0 Å². The van der Waals surface area contributed by atoms with Gasteiger partial charge in [0.2, 0.25) is 4.87 Å². The molecule has 0 atom stereocenters. The van der Waals surface area contributed by atoms with Crippen molar-refractivity contribution >= 4 is 46.4 Å². The highest BCUT2D eigenvalue weighted by molar-refractivity contribution is 7.15. The van der Waals surface area contributed by atoms with E-state index >= 15 is 0 Å². The molecule has 2 amide bonds. The summed E-state index contributed by atoms with van der Waals surface area (Å²) in [6, 6.07) is 7.57. The van der Waals surface area contributed by atoms with Crippen LogP contribution in [0.3, 0.4) is 0 Å². The minimum Gasteiger partial charge on any atom is -0.270 e. The minimum atomic E-state index is -1.69. The maximum Gasteiger partial charge on any atom is 0.276 e. The lowest BCUT2D eigenvalue weighted by Gasteiger charge is -2.31. The largest absolute Gasteiger partial charge is 0.276 e. The number of nitrogens with zero attached hydrogens (tertiary/aromatic N) is 2. The quantitative estimate of drug-likeness (QED) is 0.565. The molecule has 2 saturated heterocycles. The van der Waals surface area contributed by atoms with E-state index in [0.29, 0.717) is 23.0 Å². The Morgan fingerprint density at radius 2 is 1.72 bits per heavy atom. The summed E-state index contributed by atoms with van der Waals surface area (Å²) >= 11 is 14.4. The second-order valence-corrected chi connectivity index (χ2v) is 8.44. The number of alkyl halides is 1. The van der Waals surface area contributed by atoms with Gasteiger partial charge < -0.3 is 0 Å². The number of benzene rings is 1. The molecule has 0 saturated carbocycles. The van der Waals surface area contributed by atoms with Crippen LogP contribution in [0.1, 0.15) is 24.0 Å². The van der Waals surface area contributed by atoms with Gasteiger partial charge in [-0.15, -0.1) is 11.3 Å². The molecule has 0 unspecified atom stereocenters. The number of aryl methyl sites for hydroxylation is 1. The Morgan fingerprint density at radius 3 is 2.28 bits per heavy atom. The van der Waals surface area contributed by atoms with Crippen LogP contribution in [-0.4, -0.2) is 34.9 Å². The van der Waals surface area contributed by atoms with E-state index in [0.717, 1.165) is 29.5 Å². The second kappa shape index (κ2) is 6.01. The highest BCUT2D eigenvalue weighted by Crippen LogP contribution is 2.44. The van der Waals surface area contributed by atoms with Crippen molar-refractivity contribution in [3.8, 4) is 11.1 Å². The van der Waals surface area contributed by atoms with Gasteiger partial charge in [0.15, 0.2) is 0 Å². The van der Waals surface area contributed by atoms with Crippen LogP contribution in [0.5, 0.6) is 0 Å². The summed E-state index contributed by atoms with van der Waals surface area (Å²) < 4.78 is 0.670. The maximum absolute atomic E-state index is 13.0. The lowest BCUT2D eigenvalue weighted by Crippen LogP contribution is -2.45. The Balaban J connectivity index is 1.85. The molecule has 0 bridgehead atoms. The van der Waals surface area contributed by atoms with Crippen molar-refractivity contribution in [2.75, 3.05) is 13.1 Å². The van der Waals surface area contributed by atoms with Crippen molar-refractivity contribution in [2.24, 2.45) is 0 Å². The average molecular weight is 395 g/mol. The van der Waals surface area contributed by atoms with Crippen LogP contribution in [0, 0.1) is 6.92 Å². The van der Waals surface area contributed by atoms with E-state index in [2.05, 4.69) is 0 Å². The van der Waals surface area contributed by atoms with Crippen LogP contribution in [0.15, 0.2) is 29.6 Å². The first-order valence-corrected chi connectivity index (χ1v) is 9.75. The van der Waals surface area contributed by atoms with Gasteiger partial charge in [-0.05, 0) is 54.0 Å². The number of hydrogen-bond acceptors (Lipinski definition) is 3. The molecule has 0 aliphatic carbocycles. The summed E-state index contributed by atoms with van der Waals surface area (Å²) in [5, 5.41) is 4.91. The summed E-state index contributed by atoms with van der Waals surface area (Å²) in [5.41, 5.74) is 3.09. The molecule has 7 heteroatoms. The molecule has 4 nitrogen and oxygen atoms in total. The summed E-state index contributed by atoms with van der Waals surface area (Å²) in [6.07, 6.45) is 1.76. The number of carbonyl (C=O) groups is 2. The third-order valence-electron chi connectivity index (χ3n) is 4.88. The third-order valence-corrected chi connectivity index (χ3v) is 6.57. The first kappa shape index (κ1) is 16.9. The fraction of sp³-hybridized carbons (Fsp3) is 0.333. The molecular formula is C18H16Cl2N2O2S. The molecule has 0 spiro atoms. The molecule has 2 fully saturated rings. The molecule has 130 valence electrons. The summed E-state index contributed by atoms with van der Waals surface area (Å²) in [5.74, 6) is -0.703. The van der Waals surface area contributed by atoms with E-state index in [1.807, 2.05) is 36.6 Å². The second-order valence-electron chi connectivity index (χ2n) is 6.36. The molecule has 2 aliphatic rings. The SMILES string of the molecule is Cc1ccc(-c2ccsc2Cl)cc1C1(Cl)C(=O)N2CCCCN2C1=O. The number of rotatable bonds is 2. The van der Waals surface area contributed by atoms with E-state index in [1.165, 1.54) is 21.4 Å². The topological polar surface area (TPSA) is 40.6 Å². The van der Waals surface area contributed by atoms with Gasteiger partial charge in [-0.1, -0.05) is 35.3 Å². The van der Waals surface area contributed by atoms with Gasteiger partial charge >= 0.3 is 0 Å². The predicted octanol–water partition coefficient (Wildman–Crippen LogP) is 4.19. The fourth-order valence-corrected chi connectivity index (χ4v) is 4.89. The van der Waals surface area contributed by atoms with Crippen LogP contribution in [0.25, 0.3) is 11.1 Å². The van der Waals surface area contributed by atoms with Crippen LogP contribution in [-0.2, 0) is 14.5 Å². The number of hydrazine groups is 1. The first-order chi connectivity index (χ1) is 11.9. The van der Waals surface area contributed by atoms with E-state index in [9.17, 15) is 9.59 Å². The van der Waals surface area contributed by atoms with Gasteiger partial charge in [0.1, 0.15) is 4.34 Å². The van der Waals surface area contributed by atoms with Crippen molar-refractivity contribution in [2.45, 2.75) is 24.6 Å². The van der Waals surface area contributed by atoms with Crippen molar-refractivity contribution in [3.63, 3.8) is 0 Å². The first-order valence-electron chi connectivity index (χ1n) is 8.12. The number of carbonyl (C=O) groups excluding carboxylic acids is 2. The number of thiophene rings is 1. The lowest BCUT2D eigenvalue weighted by molar-refractivity contribution is -0.150. The normalized spacial score (nSPS) is 19.5. The molecule has 2 aliphatic heterocycles. The van der Waals surface area contributed by atoms with Crippen molar-refractivity contribution in [3.05, 3.63) is 45.1 Å². The summed E-state index contributed by atoms with van der Waals surface area (Å²) in [6.45, 7) is 2.94. The molecule has 2 aromatic rings. The highest BCUT2D eigenvalue weighted by atomic mass is 35.5. The number of fused-ring (bicyclic) bond motifs is 1. The fourth-order valence-electron chi connectivity index (χ4n) is 3.53. The Morgan fingerprint density at radius 1 is 1.08 bits per heavy atom. The van der Waals surface area contributed by atoms with Crippen molar-refractivity contribution < 1.29 is 9.59 Å². The zero-order valence-electron chi connectivity index (χ0n) is 13.6. The molecule has 1 aromatic carbocycles. The lowest BCUT2D eigenvalue weighted by atomic mass is 9.90. The smallest absolute Gasteiger partial charge is 0.270 e. The van der Waals surface area contributed by atoms with E-state index < -0.39 is 4.87 Å². The van der Waals surface area contributed by atoms with Gasteiger partial charge in [0, 0.05) is 18.7 Å². The predicted molar refractivity (Wildman–Crippen MR) is 99.7 cm³/mol. The Kier molecular flexibility index (Phi) is 4.06. The number of halogens is 2. The van der Waals surface area contributed by atoms with E-state index in [4.69, 9.17) is 23.2 Å². The highest BCUT2D eigenvalue weighted by Gasteiger charge is 2.59. The molecule has 4 rings (SSSR count). The van der Waals surface area contributed by atoms with E-state index in [-0.39, 0.29) is 11.8 Å². The van der Waals surface area contributed by atoms with Gasteiger partial charge in [0.05, 0.1) is 0 Å². The minimum absolute atomic E-state index is 0.351. The maximum atomic E-state index is 13.0. The number of hydrogen-bond donors (Lipinski definition) is 0. The standard InChI is InChI=1S/C18H16Cl2N2O2S/c1-11-4-5-12(13-6-9-25-15(13)19)10-14(11)18(20)16(23)21-7-2-3-8-22(21)17(18)24/h4-6,9-10H,2-3,7-8H2,1H3. The van der Waals surface area contributed by atoms with Crippen molar-refractivity contribution in [1.82, 2.24) is 10.0 Å². The molecule has 1 aromatic heterocycles. The average Bonchev–Trinajstić information content (AvgIpc) is 3.13. The zero-order valence-corrected chi connectivity index (χ0v) is 15.9. The van der Waals surface area contributed by atoms with E-state index in [1.54, 1.807) is 0 Å². The Bertz CT molecular complexity index is 856. The zero-order chi connectivity index (χ0) is 17.8. The summed E-state index contributed by atoms with van der Waals surface area (Å²) in [4.78, 5) is 24.3. The third kappa shape index (κ3) is 2.40. The summed E-state index contributed by atoms with van der Waals surface area (Å²) in [7, 11) is 0. The molecule has 0 N–H and O–H groups in total. The Hall–Kier alpha value is -1.56. The van der Waals surface area contributed by atoms with Crippen molar-refractivity contribution in [1.29, 1.82) is 0 Å². The Labute approximate surface area is 159 Å². The number of amides is 2. The van der Waals surface area contributed by atoms with Crippen LogP contribution >= 0.6 is 34.5 Å². The van der Waals surface area contributed by atoms with Crippen LogP contribution in [0.4, 0.5) is 0 Å². The van der Waals surface area contributed by atoms with Gasteiger partial charge in [0.25, 0.3) is 11.8 Å². The molecular weight excluding hydrogens is 379 g/mol. The van der Waals surface area contributed by atoms with Crippen LogP contribution in [0.2, 0.25) is 4.34 Å². The van der Waals surface area contributed by atoms with Gasteiger partial charge in [-0.3, -0.25) is 9.59 Å². The molecule has 0 radical (unpaired) electrons.